The molecule has 0 aliphatic heterocycles. The molecule has 0 aliphatic rings. The first-order valence-electron chi connectivity index (χ1n) is 4.56. The summed E-state index contributed by atoms with van der Waals surface area (Å²) in [5.41, 5.74) is 1.71. The molecule has 0 bridgehead atoms. The van der Waals surface area contributed by atoms with Crippen LogP contribution in [-0.2, 0) is 9.53 Å². The molecule has 0 amide bonds. The van der Waals surface area contributed by atoms with Gasteiger partial charge < -0.3 is 4.74 Å². The van der Waals surface area contributed by atoms with E-state index in [4.69, 9.17) is 4.74 Å². The number of carbonyl (C=O) groups excluding carboxylic acids is 1. The number of hydrogen-bond acceptors (Lipinski definition) is 2. The molecule has 2 heteroatoms. The molecule has 0 heterocycles. The number of carbonyl (C=O) groups is 1. The molecule has 0 N–H and O–H groups in total. The Bertz CT molecular complexity index is 214. The predicted octanol–water partition coefficient (Wildman–Crippen LogP) is 2.85. The summed E-state index contributed by atoms with van der Waals surface area (Å²) in [5, 5.41) is 0. The molecule has 0 aromatic rings. The van der Waals surface area contributed by atoms with Gasteiger partial charge in [-0.25, -0.2) is 4.79 Å². The Balaban J connectivity index is 3.72. The molecule has 0 fully saturated rings. The van der Waals surface area contributed by atoms with E-state index in [2.05, 4.69) is 13.5 Å². The fourth-order valence-electron chi connectivity index (χ4n) is 0.879. The Labute approximate surface area is 80.3 Å². The van der Waals surface area contributed by atoms with Gasteiger partial charge in [0.2, 0.25) is 0 Å². The van der Waals surface area contributed by atoms with Gasteiger partial charge in [-0.15, -0.1) is 0 Å². The van der Waals surface area contributed by atoms with Crippen molar-refractivity contribution in [2.45, 2.75) is 33.6 Å². The topological polar surface area (TPSA) is 26.3 Å². The Kier molecular flexibility index (Phi) is 5.94. The Hall–Kier alpha value is -1.05. The molecule has 0 atom stereocenters. The van der Waals surface area contributed by atoms with E-state index in [1.807, 2.05) is 13.0 Å². The van der Waals surface area contributed by atoms with Crippen LogP contribution in [0.1, 0.15) is 33.6 Å². The predicted molar refractivity (Wildman–Crippen MR) is 54.4 cm³/mol. The molecule has 0 saturated carbocycles. The van der Waals surface area contributed by atoms with Gasteiger partial charge in [0.15, 0.2) is 0 Å². The fraction of sp³-hybridized carbons (Fsp3) is 0.545. The van der Waals surface area contributed by atoms with Crippen molar-refractivity contribution in [1.29, 1.82) is 0 Å². The van der Waals surface area contributed by atoms with Gasteiger partial charge >= 0.3 is 5.97 Å². The zero-order valence-corrected chi connectivity index (χ0v) is 8.72. The van der Waals surface area contributed by atoms with E-state index >= 15 is 0 Å². The number of esters is 1. The molecule has 2 nitrogen and oxygen atoms in total. The maximum Gasteiger partial charge on any atom is 0.333 e. The Morgan fingerprint density at radius 2 is 2.08 bits per heavy atom. The lowest BCUT2D eigenvalue weighted by molar-refractivity contribution is -0.137. The van der Waals surface area contributed by atoms with E-state index in [1.54, 1.807) is 6.92 Å². The molecule has 0 saturated heterocycles. The highest BCUT2D eigenvalue weighted by Gasteiger charge is 2.00. The van der Waals surface area contributed by atoms with Gasteiger partial charge in [-0.1, -0.05) is 25.5 Å². The maximum absolute atomic E-state index is 10.9. The minimum Gasteiger partial charge on any atom is -0.458 e. The van der Waals surface area contributed by atoms with Crippen molar-refractivity contribution >= 4 is 5.97 Å². The lowest BCUT2D eigenvalue weighted by atomic mass is 10.2. The minimum absolute atomic E-state index is 0.319. The summed E-state index contributed by atoms with van der Waals surface area (Å²) in [4.78, 5) is 10.9. The summed E-state index contributed by atoms with van der Waals surface area (Å²) in [7, 11) is 0. The van der Waals surface area contributed by atoms with Crippen LogP contribution in [0.15, 0.2) is 23.8 Å². The lowest BCUT2D eigenvalue weighted by Crippen LogP contribution is -2.04. The van der Waals surface area contributed by atoms with Crippen LogP contribution in [0.2, 0.25) is 0 Å². The van der Waals surface area contributed by atoms with Gasteiger partial charge in [0, 0.05) is 5.57 Å². The molecule has 0 aromatic heterocycles. The van der Waals surface area contributed by atoms with E-state index in [9.17, 15) is 4.79 Å². The molecule has 0 rings (SSSR count). The zero-order chi connectivity index (χ0) is 10.3. The SMILES string of the molecule is C=C(C)C(=O)OCC=C(C)CCC. The summed E-state index contributed by atoms with van der Waals surface area (Å²) in [6.45, 7) is 9.66. The third-order valence-corrected chi connectivity index (χ3v) is 1.64. The first-order valence-corrected chi connectivity index (χ1v) is 4.56. The first kappa shape index (κ1) is 11.9. The quantitative estimate of drug-likeness (QED) is 0.371. The van der Waals surface area contributed by atoms with Crippen LogP contribution >= 0.6 is 0 Å². The van der Waals surface area contributed by atoms with Crippen LogP contribution in [0.3, 0.4) is 0 Å². The Morgan fingerprint density at radius 1 is 1.46 bits per heavy atom. The van der Waals surface area contributed by atoms with E-state index in [-0.39, 0.29) is 5.97 Å². The number of rotatable bonds is 5. The normalized spacial score (nSPS) is 11.2. The average molecular weight is 182 g/mol. The summed E-state index contributed by atoms with van der Waals surface area (Å²) < 4.78 is 4.91. The van der Waals surface area contributed by atoms with Crippen LogP contribution in [0, 0.1) is 0 Å². The van der Waals surface area contributed by atoms with E-state index in [0.717, 1.165) is 12.8 Å². The average Bonchev–Trinajstić information content (AvgIpc) is 2.04. The number of ether oxygens (including phenoxy) is 1. The second kappa shape index (κ2) is 6.46. The molecular weight excluding hydrogens is 164 g/mol. The van der Waals surface area contributed by atoms with Gasteiger partial charge in [-0.05, 0) is 26.3 Å². The molecule has 0 radical (unpaired) electrons. The van der Waals surface area contributed by atoms with E-state index in [1.165, 1.54) is 5.57 Å². The fourth-order valence-corrected chi connectivity index (χ4v) is 0.879. The van der Waals surface area contributed by atoms with Crippen molar-refractivity contribution in [3.63, 3.8) is 0 Å². The lowest BCUT2D eigenvalue weighted by Gasteiger charge is -2.01. The second-order valence-corrected chi connectivity index (χ2v) is 3.18. The minimum atomic E-state index is -0.319. The van der Waals surface area contributed by atoms with Crippen molar-refractivity contribution in [2.24, 2.45) is 0 Å². The summed E-state index contributed by atoms with van der Waals surface area (Å²) in [5.74, 6) is -0.319. The highest BCUT2D eigenvalue weighted by Crippen LogP contribution is 2.02. The molecular formula is C11H18O2. The first-order chi connectivity index (χ1) is 6.07. The summed E-state index contributed by atoms with van der Waals surface area (Å²) >= 11 is 0. The maximum atomic E-state index is 10.9. The Morgan fingerprint density at radius 3 is 2.54 bits per heavy atom. The van der Waals surface area contributed by atoms with Crippen LogP contribution in [0.4, 0.5) is 0 Å². The van der Waals surface area contributed by atoms with Crippen molar-refractivity contribution in [3.8, 4) is 0 Å². The monoisotopic (exact) mass is 182 g/mol. The van der Waals surface area contributed by atoms with Crippen LogP contribution < -0.4 is 0 Å². The largest absolute Gasteiger partial charge is 0.458 e. The smallest absolute Gasteiger partial charge is 0.333 e. The van der Waals surface area contributed by atoms with Gasteiger partial charge in [0.05, 0.1) is 0 Å². The molecule has 0 aliphatic carbocycles. The standard InChI is InChI=1S/C11H18O2/c1-5-6-10(4)7-8-13-11(12)9(2)3/h7H,2,5-6,8H2,1,3-4H3. The third-order valence-electron chi connectivity index (χ3n) is 1.64. The highest BCUT2D eigenvalue weighted by molar-refractivity contribution is 5.86. The van der Waals surface area contributed by atoms with Crippen LogP contribution in [0.5, 0.6) is 0 Å². The van der Waals surface area contributed by atoms with E-state index < -0.39 is 0 Å². The van der Waals surface area contributed by atoms with Crippen molar-refractivity contribution < 1.29 is 9.53 Å². The molecule has 0 spiro atoms. The summed E-state index contributed by atoms with van der Waals surface area (Å²) in [6.07, 6.45) is 4.12. The number of allylic oxidation sites excluding steroid dienone is 1. The van der Waals surface area contributed by atoms with Gasteiger partial charge in [-0.2, -0.15) is 0 Å². The molecule has 13 heavy (non-hydrogen) atoms. The zero-order valence-electron chi connectivity index (χ0n) is 8.72. The number of hydrogen-bond donors (Lipinski definition) is 0. The van der Waals surface area contributed by atoms with Crippen LogP contribution in [-0.4, -0.2) is 12.6 Å². The van der Waals surface area contributed by atoms with Crippen molar-refractivity contribution in [1.82, 2.24) is 0 Å². The van der Waals surface area contributed by atoms with Gasteiger partial charge in [0.25, 0.3) is 0 Å². The highest BCUT2D eigenvalue weighted by atomic mass is 16.5. The third kappa shape index (κ3) is 6.14. The van der Waals surface area contributed by atoms with Gasteiger partial charge in [0.1, 0.15) is 6.61 Å². The summed E-state index contributed by atoms with van der Waals surface area (Å²) in [6, 6.07) is 0. The van der Waals surface area contributed by atoms with Crippen LogP contribution in [0.25, 0.3) is 0 Å². The molecule has 0 unspecified atom stereocenters. The van der Waals surface area contributed by atoms with Crippen molar-refractivity contribution in [2.75, 3.05) is 6.61 Å². The molecule has 74 valence electrons. The second-order valence-electron chi connectivity index (χ2n) is 3.18. The van der Waals surface area contributed by atoms with Gasteiger partial charge in [-0.3, -0.25) is 0 Å². The van der Waals surface area contributed by atoms with E-state index in [0.29, 0.717) is 12.2 Å². The molecule has 0 aromatic carbocycles. The van der Waals surface area contributed by atoms with Crippen molar-refractivity contribution in [3.05, 3.63) is 23.8 Å².